The Labute approximate surface area is 105 Å². The van der Waals surface area contributed by atoms with Crippen molar-refractivity contribution in [2.45, 2.75) is 27.7 Å². The molecule has 0 bridgehead atoms. The van der Waals surface area contributed by atoms with E-state index in [0.717, 1.165) is 13.1 Å². The molecule has 0 atom stereocenters. The van der Waals surface area contributed by atoms with Gasteiger partial charge in [0.2, 0.25) is 0 Å². The van der Waals surface area contributed by atoms with Gasteiger partial charge in [0.25, 0.3) is 0 Å². The van der Waals surface area contributed by atoms with Crippen molar-refractivity contribution in [3.63, 3.8) is 0 Å². The zero-order valence-corrected chi connectivity index (χ0v) is 11.7. The monoisotopic (exact) mass is 235 g/mol. The van der Waals surface area contributed by atoms with Gasteiger partial charge in [-0.1, -0.05) is 33.3 Å². The van der Waals surface area contributed by atoms with Gasteiger partial charge in [-0.2, -0.15) is 5.10 Å². The van der Waals surface area contributed by atoms with Crippen LogP contribution in [0.3, 0.4) is 0 Å². The second-order valence-electron chi connectivity index (χ2n) is 5.28. The lowest BCUT2D eigenvalue weighted by Crippen LogP contribution is -2.23. The van der Waals surface area contributed by atoms with Gasteiger partial charge in [0.1, 0.15) is 0 Å². The van der Waals surface area contributed by atoms with Crippen molar-refractivity contribution in [1.29, 1.82) is 0 Å². The van der Waals surface area contributed by atoms with Gasteiger partial charge in [0, 0.05) is 19.8 Å². The van der Waals surface area contributed by atoms with Gasteiger partial charge in [-0.3, -0.25) is 4.68 Å². The first-order chi connectivity index (χ1) is 8.00. The molecule has 0 amide bonds. The maximum Gasteiger partial charge on any atom is 0.0606 e. The van der Waals surface area contributed by atoms with E-state index < -0.39 is 0 Å². The zero-order valence-electron chi connectivity index (χ0n) is 11.7. The molecule has 0 spiro atoms. The van der Waals surface area contributed by atoms with Crippen molar-refractivity contribution in [2.24, 2.45) is 18.9 Å². The summed E-state index contributed by atoms with van der Waals surface area (Å²) < 4.78 is 1.91. The Morgan fingerprint density at radius 1 is 1.41 bits per heavy atom. The van der Waals surface area contributed by atoms with Crippen LogP contribution in [-0.4, -0.2) is 22.9 Å². The fourth-order valence-electron chi connectivity index (χ4n) is 1.64. The van der Waals surface area contributed by atoms with Gasteiger partial charge in [-0.15, -0.1) is 0 Å². The average molecular weight is 235 g/mol. The molecule has 96 valence electrons. The highest BCUT2D eigenvalue weighted by Gasteiger charge is 2.05. The molecule has 3 nitrogen and oxygen atoms in total. The number of rotatable bonds is 6. The number of aromatic nitrogens is 2. The number of hydrogen-bond donors (Lipinski definition) is 1. The standard InChI is InChI=1S/C14H25N3/c1-11(2)9-15-10-13(12(3)4)8-14-6-7-16-17(14)5/h6-8,11-12,15H,9-10H2,1-5H3. The summed E-state index contributed by atoms with van der Waals surface area (Å²) in [6.45, 7) is 11.0. The van der Waals surface area contributed by atoms with Gasteiger partial charge < -0.3 is 5.32 Å². The molecule has 0 aliphatic carbocycles. The lowest BCUT2D eigenvalue weighted by molar-refractivity contribution is 0.558. The third-order valence-corrected chi connectivity index (χ3v) is 2.82. The SMILES string of the molecule is CC(C)CNCC(=Cc1ccnn1C)C(C)C. The van der Waals surface area contributed by atoms with Crippen LogP contribution in [0.15, 0.2) is 17.8 Å². The lowest BCUT2D eigenvalue weighted by Gasteiger charge is -2.14. The van der Waals surface area contributed by atoms with Gasteiger partial charge in [-0.25, -0.2) is 0 Å². The van der Waals surface area contributed by atoms with Crippen molar-refractivity contribution in [3.05, 3.63) is 23.5 Å². The molecule has 1 heterocycles. The first-order valence-electron chi connectivity index (χ1n) is 6.40. The van der Waals surface area contributed by atoms with Crippen LogP contribution in [0.25, 0.3) is 6.08 Å². The third-order valence-electron chi connectivity index (χ3n) is 2.82. The maximum atomic E-state index is 4.19. The average Bonchev–Trinajstić information content (AvgIpc) is 2.62. The first-order valence-corrected chi connectivity index (χ1v) is 6.40. The predicted octanol–water partition coefficient (Wildman–Crippen LogP) is 2.71. The Hall–Kier alpha value is -1.09. The van der Waals surface area contributed by atoms with E-state index >= 15 is 0 Å². The minimum Gasteiger partial charge on any atom is -0.313 e. The summed E-state index contributed by atoms with van der Waals surface area (Å²) in [4.78, 5) is 0. The highest BCUT2D eigenvalue weighted by molar-refractivity contribution is 5.49. The van der Waals surface area contributed by atoms with E-state index in [1.165, 1.54) is 11.3 Å². The topological polar surface area (TPSA) is 29.9 Å². The van der Waals surface area contributed by atoms with Crippen molar-refractivity contribution in [3.8, 4) is 0 Å². The number of nitrogens with one attached hydrogen (secondary N) is 1. The van der Waals surface area contributed by atoms with Crippen molar-refractivity contribution in [2.75, 3.05) is 13.1 Å². The Morgan fingerprint density at radius 2 is 2.12 bits per heavy atom. The largest absolute Gasteiger partial charge is 0.313 e. The Morgan fingerprint density at radius 3 is 2.59 bits per heavy atom. The summed E-state index contributed by atoms with van der Waals surface area (Å²) >= 11 is 0. The van der Waals surface area contributed by atoms with Crippen LogP contribution in [0.1, 0.15) is 33.4 Å². The molecule has 3 heteroatoms. The summed E-state index contributed by atoms with van der Waals surface area (Å²) in [5, 5.41) is 7.69. The smallest absolute Gasteiger partial charge is 0.0606 e. The Balaban J connectivity index is 2.66. The zero-order chi connectivity index (χ0) is 12.8. The molecule has 0 unspecified atom stereocenters. The van der Waals surface area contributed by atoms with E-state index in [4.69, 9.17) is 0 Å². The van der Waals surface area contributed by atoms with E-state index in [2.05, 4.69) is 44.2 Å². The molecule has 1 rings (SSSR count). The normalized spacial score (nSPS) is 12.8. The maximum absolute atomic E-state index is 4.19. The molecule has 0 aromatic carbocycles. The van der Waals surface area contributed by atoms with Crippen molar-refractivity contribution in [1.82, 2.24) is 15.1 Å². The lowest BCUT2D eigenvalue weighted by atomic mass is 10.0. The molecule has 0 aliphatic rings. The molecule has 0 aliphatic heterocycles. The van der Waals surface area contributed by atoms with Crippen LogP contribution in [0.4, 0.5) is 0 Å². The molecule has 1 aromatic rings. The van der Waals surface area contributed by atoms with Crippen LogP contribution in [-0.2, 0) is 7.05 Å². The van der Waals surface area contributed by atoms with Crippen molar-refractivity contribution < 1.29 is 0 Å². The fourth-order valence-corrected chi connectivity index (χ4v) is 1.64. The van der Waals surface area contributed by atoms with E-state index in [-0.39, 0.29) is 0 Å². The minimum atomic E-state index is 0.560. The van der Waals surface area contributed by atoms with E-state index in [1.807, 2.05) is 24.0 Å². The quantitative estimate of drug-likeness (QED) is 0.821. The molecule has 1 N–H and O–H groups in total. The molecular formula is C14H25N3. The van der Waals surface area contributed by atoms with Gasteiger partial charge in [0.05, 0.1) is 5.69 Å². The van der Waals surface area contributed by atoms with Gasteiger partial charge >= 0.3 is 0 Å². The Bertz CT molecular complexity index is 361. The molecule has 0 radical (unpaired) electrons. The van der Waals surface area contributed by atoms with Gasteiger partial charge in [0.15, 0.2) is 0 Å². The first kappa shape index (κ1) is 14.0. The number of aryl methyl sites for hydroxylation is 1. The van der Waals surface area contributed by atoms with Crippen LogP contribution in [0, 0.1) is 11.8 Å². The van der Waals surface area contributed by atoms with Crippen LogP contribution >= 0.6 is 0 Å². The van der Waals surface area contributed by atoms with Crippen molar-refractivity contribution >= 4 is 6.08 Å². The highest BCUT2D eigenvalue weighted by Crippen LogP contribution is 2.13. The summed E-state index contributed by atoms with van der Waals surface area (Å²) in [5.74, 6) is 1.25. The van der Waals surface area contributed by atoms with Gasteiger partial charge in [-0.05, 0) is 30.5 Å². The summed E-state index contributed by atoms with van der Waals surface area (Å²) in [5.41, 5.74) is 2.59. The minimum absolute atomic E-state index is 0.560. The van der Waals surface area contributed by atoms with E-state index in [0.29, 0.717) is 11.8 Å². The summed E-state index contributed by atoms with van der Waals surface area (Å²) in [6, 6.07) is 2.05. The second-order valence-corrected chi connectivity index (χ2v) is 5.28. The predicted molar refractivity (Wildman–Crippen MR) is 73.7 cm³/mol. The fraction of sp³-hybridized carbons (Fsp3) is 0.643. The summed E-state index contributed by atoms with van der Waals surface area (Å²) in [6.07, 6.45) is 4.08. The summed E-state index contributed by atoms with van der Waals surface area (Å²) in [7, 11) is 1.98. The Kier molecular flexibility index (Phi) is 5.42. The number of nitrogens with zero attached hydrogens (tertiary/aromatic N) is 2. The highest BCUT2D eigenvalue weighted by atomic mass is 15.2. The second kappa shape index (κ2) is 6.60. The van der Waals surface area contributed by atoms with Crippen LogP contribution in [0.5, 0.6) is 0 Å². The van der Waals surface area contributed by atoms with E-state index in [1.54, 1.807) is 0 Å². The number of hydrogen-bond acceptors (Lipinski definition) is 2. The molecule has 0 fully saturated rings. The van der Waals surface area contributed by atoms with E-state index in [9.17, 15) is 0 Å². The molecule has 1 aromatic heterocycles. The third kappa shape index (κ3) is 4.73. The van der Waals surface area contributed by atoms with Crippen LogP contribution in [0.2, 0.25) is 0 Å². The molecule has 0 saturated heterocycles. The molecule has 17 heavy (non-hydrogen) atoms. The molecule has 0 saturated carbocycles. The molecular weight excluding hydrogens is 210 g/mol. The van der Waals surface area contributed by atoms with Crippen LogP contribution < -0.4 is 5.32 Å².